The minimum atomic E-state index is -0.419. The predicted octanol–water partition coefficient (Wildman–Crippen LogP) is 6.24. The quantitative estimate of drug-likeness (QED) is 0.520. The molecule has 3 rings (SSSR count). The summed E-state index contributed by atoms with van der Waals surface area (Å²) in [4.78, 5) is 4.28. The Balaban J connectivity index is 2.13. The van der Waals surface area contributed by atoms with E-state index in [0.717, 1.165) is 5.39 Å². The molecule has 0 aliphatic carbocycles. The van der Waals surface area contributed by atoms with Crippen LogP contribution in [0, 0.1) is 5.82 Å². The summed E-state index contributed by atoms with van der Waals surface area (Å²) in [5.41, 5.74) is 0.693. The summed E-state index contributed by atoms with van der Waals surface area (Å²) in [5, 5.41) is 1.55. The molecule has 0 atom stereocenters. The third-order valence-corrected chi connectivity index (χ3v) is 3.94. The van der Waals surface area contributed by atoms with Gasteiger partial charge in [0.25, 0.3) is 0 Å². The van der Waals surface area contributed by atoms with E-state index in [0.29, 0.717) is 26.5 Å². The SMILES string of the molecule is Fc1ccc(Oc2c(Br)cnc3cc(Cl)ccc23)c(Cl)c1. The maximum atomic E-state index is 13.1. The summed E-state index contributed by atoms with van der Waals surface area (Å²) in [5.74, 6) is 0.490. The van der Waals surface area contributed by atoms with E-state index < -0.39 is 5.82 Å². The molecule has 0 amide bonds. The standard InChI is InChI=1S/C15H7BrCl2FNO/c16-11-7-20-13-5-8(17)1-3-10(13)15(11)21-14-4-2-9(19)6-12(14)18/h1-7H. The average Bonchev–Trinajstić information content (AvgIpc) is 2.44. The normalized spacial score (nSPS) is 10.9. The van der Waals surface area contributed by atoms with Crippen LogP contribution in [0.25, 0.3) is 10.9 Å². The lowest BCUT2D eigenvalue weighted by molar-refractivity contribution is 0.483. The van der Waals surface area contributed by atoms with Gasteiger partial charge in [0.05, 0.1) is 15.0 Å². The van der Waals surface area contributed by atoms with Gasteiger partial charge in [-0.25, -0.2) is 4.39 Å². The van der Waals surface area contributed by atoms with Crippen molar-refractivity contribution in [3.63, 3.8) is 0 Å². The van der Waals surface area contributed by atoms with Gasteiger partial charge in [-0.15, -0.1) is 0 Å². The second-order valence-electron chi connectivity index (χ2n) is 4.27. The number of fused-ring (bicyclic) bond motifs is 1. The number of nitrogens with zero attached hydrogens (tertiary/aromatic N) is 1. The molecule has 0 unspecified atom stereocenters. The molecule has 1 heterocycles. The van der Waals surface area contributed by atoms with Crippen molar-refractivity contribution in [3.05, 3.63) is 62.9 Å². The van der Waals surface area contributed by atoms with Crippen LogP contribution < -0.4 is 4.74 Å². The molecule has 0 radical (unpaired) electrons. The largest absolute Gasteiger partial charge is 0.454 e. The van der Waals surface area contributed by atoms with Crippen molar-refractivity contribution in [2.75, 3.05) is 0 Å². The zero-order chi connectivity index (χ0) is 15.0. The number of hydrogen-bond acceptors (Lipinski definition) is 2. The number of hydrogen-bond donors (Lipinski definition) is 0. The van der Waals surface area contributed by atoms with Crippen molar-refractivity contribution in [1.29, 1.82) is 0 Å². The molecular weight excluding hydrogens is 380 g/mol. The first-order chi connectivity index (χ1) is 10.0. The lowest BCUT2D eigenvalue weighted by Gasteiger charge is -2.12. The molecule has 0 aliphatic rings. The molecule has 0 saturated heterocycles. The van der Waals surface area contributed by atoms with Gasteiger partial charge in [-0.2, -0.15) is 0 Å². The predicted molar refractivity (Wildman–Crippen MR) is 85.9 cm³/mol. The highest BCUT2D eigenvalue weighted by Gasteiger charge is 2.12. The third-order valence-electron chi connectivity index (χ3n) is 2.84. The first-order valence-corrected chi connectivity index (χ1v) is 7.46. The van der Waals surface area contributed by atoms with Crippen LogP contribution in [0.5, 0.6) is 11.5 Å². The highest BCUT2D eigenvalue weighted by molar-refractivity contribution is 9.10. The maximum Gasteiger partial charge on any atom is 0.152 e. The van der Waals surface area contributed by atoms with Crippen LogP contribution in [-0.4, -0.2) is 4.98 Å². The number of rotatable bonds is 2. The van der Waals surface area contributed by atoms with E-state index >= 15 is 0 Å². The summed E-state index contributed by atoms with van der Waals surface area (Å²) in [6.07, 6.45) is 1.62. The fourth-order valence-electron chi connectivity index (χ4n) is 1.89. The number of ether oxygens (including phenoxy) is 1. The molecule has 0 saturated carbocycles. The average molecular weight is 387 g/mol. The van der Waals surface area contributed by atoms with Gasteiger partial charge >= 0.3 is 0 Å². The molecule has 2 aromatic carbocycles. The van der Waals surface area contributed by atoms with Crippen LogP contribution in [0.15, 0.2) is 47.1 Å². The minimum absolute atomic E-state index is 0.195. The van der Waals surface area contributed by atoms with Gasteiger partial charge in [-0.05, 0) is 52.3 Å². The van der Waals surface area contributed by atoms with Crippen LogP contribution >= 0.6 is 39.1 Å². The fourth-order valence-corrected chi connectivity index (χ4v) is 2.66. The monoisotopic (exact) mass is 385 g/mol. The molecule has 2 nitrogen and oxygen atoms in total. The zero-order valence-corrected chi connectivity index (χ0v) is 13.5. The molecule has 0 N–H and O–H groups in total. The molecule has 3 aromatic rings. The van der Waals surface area contributed by atoms with Crippen LogP contribution in [-0.2, 0) is 0 Å². The Labute approximate surface area is 138 Å². The third kappa shape index (κ3) is 2.98. The molecule has 0 spiro atoms. The van der Waals surface area contributed by atoms with Gasteiger partial charge < -0.3 is 4.74 Å². The summed E-state index contributed by atoms with van der Waals surface area (Å²) in [6, 6.07) is 9.26. The lowest BCUT2D eigenvalue weighted by atomic mass is 10.2. The Kier molecular flexibility index (Phi) is 4.02. The first-order valence-electron chi connectivity index (χ1n) is 5.91. The number of benzene rings is 2. The fraction of sp³-hybridized carbons (Fsp3) is 0. The van der Waals surface area contributed by atoms with E-state index in [4.69, 9.17) is 27.9 Å². The highest BCUT2D eigenvalue weighted by atomic mass is 79.9. The molecule has 0 aliphatic heterocycles. The molecular formula is C15H7BrCl2FNO. The van der Waals surface area contributed by atoms with E-state index in [1.165, 1.54) is 18.2 Å². The Morgan fingerprint density at radius 3 is 2.67 bits per heavy atom. The Morgan fingerprint density at radius 2 is 1.90 bits per heavy atom. The Morgan fingerprint density at radius 1 is 1.10 bits per heavy atom. The number of aromatic nitrogens is 1. The van der Waals surface area contributed by atoms with Gasteiger partial charge in [0.2, 0.25) is 0 Å². The molecule has 0 bridgehead atoms. The van der Waals surface area contributed by atoms with Crippen LogP contribution in [0.1, 0.15) is 0 Å². The Hall–Kier alpha value is -1.36. The maximum absolute atomic E-state index is 13.1. The minimum Gasteiger partial charge on any atom is -0.454 e. The number of halogens is 4. The molecule has 1 aromatic heterocycles. The van der Waals surface area contributed by atoms with E-state index in [2.05, 4.69) is 20.9 Å². The number of pyridine rings is 1. The van der Waals surface area contributed by atoms with E-state index in [1.807, 2.05) is 6.07 Å². The van der Waals surface area contributed by atoms with Crippen molar-refractivity contribution < 1.29 is 9.13 Å². The zero-order valence-electron chi connectivity index (χ0n) is 10.4. The van der Waals surface area contributed by atoms with Crippen molar-refractivity contribution in [1.82, 2.24) is 4.98 Å². The van der Waals surface area contributed by atoms with Crippen molar-refractivity contribution >= 4 is 50.0 Å². The van der Waals surface area contributed by atoms with E-state index in [9.17, 15) is 4.39 Å². The molecule has 6 heteroatoms. The summed E-state index contributed by atoms with van der Waals surface area (Å²) >= 11 is 15.3. The van der Waals surface area contributed by atoms with Gasteiger partial charge in [0, 0.05) is 16.6 Å². The molecule has 106 valence electrons. The van der Waals surface area contributed by atoms with Gasteiger partial charge in [-0.1, -0.05) is 23.2 Å². The van der Waals surface area contributed by atoms with E-state index in [1.54, 1.807) is 18.3 Å². The van der Waals surface area contributed by atoms with E-state index in [-0.39, 0.29) is 5.02 Å². The molecule has 21 heavy (non-hydrogen) atoms. The van der Waals surface area contributed by atoms with Crippen molar-refractivity contribution in [2.45, 2.75) is 0 Å². The van der Waals surface area contributed by atoms with Crippen molar-refractivity contribution in [2.24, 2.45) is 0 Å². The first kappa shape index (κ1) is 14.6. The van der Waals surface area contributed by atoms with Crippen LogP contribution in [0.4, 0.5) is 4.39 Å². The van der Waals surface area contributed by atoms with Gasteiger partial charge in [0.15, 0.2) is 5.75 Å². The topological polar surface area (TPSA) is 22.1 Å². The summed E-state index contributed by atoms with van der Waals surface area (Å²) in [7, 11) is 0. The highest BCUT2D eigenvalue weighted by Crippen LogP contribution is 2.38. The Bertz CT molecular complexity index is 841. The molecule has 0 fully saturated rings. The van der Waals surface area contributed by atoms with Gasteiger partial charge in [-0.3, -0.25) is 4.98 Å². The lowest BCUT2D eigenvalue weighted by Crippen LogP contribution is -1.91. The second kappa shape index (κ2) is 5.79. The van der Waals surface area contributed by atoms with Gasteiger partial charge in [0.1, 0.15) is 11.6 Å². The van der Waals surface area contributed by atoms with Crippen LogP contribution in [0.3, 0.4) is 0 Å². The second-order valence-corrected chi connectivity index (χ2v) is 5.97. The smallest absolute Gasteiger partial charge is 0.152 e. The summed E-state index contributed by atoms with van der Waals surface area (Å²) in [6.45, 7) is 0. The summed E-state index contributed by atoms with van der Waals surface area (Å²) < 4.78 is 19.6. The van der Waals surface area contributed by atoms with Crippen molar-refractivity contribution in [3.8, 4) is 11.5 Å². The van der Waals surface area contributed by atoms with Crippen LogP contribution in [0.2, 0.25) is 10.0 Å².